The van der Waals surface area contributed by atoms with Gasteiger partial charge in [-0.15, -0.1) is 11.3 Å². The van der Waals surface area contributed by atoms with E-state index in [0.717, 1.165) is 6.42 Å². The predicted octanol–water partition coefficient (Wildman–Crippen LogP) is 4.15. The zero-order valence-electron chi connectivity index (χ0n) is 11.8. The van der Waals surface area contributed by atoms with Gasteiger partial charge in [-0.25, -0.2) is 0 Å². The molecule has 3 heteroatoms. The third-order valence-electron chi connectivity index (χ3n) is 4.05. The Hall–Kier alpha value is -1.16. The Bertz CT molecular complexity index is 578. The van der Waals surface area contributed by atoms with Gasteiger partial charge in [0.2, 0.25) is 0 Å². The van der Waals surface area contributed by atoms with Crippen molar-refractivity contribution in [3.63, 3.8) is 0 Å². The Kier molecular flexibility index (Phi) is 4.20. The summed E-state index contributed by atoms with van der Waals surface area (Å²) in [7, 11) is 0. The standard InChI is InChI=1S/C17H21NOS/c1-12-9-10-20-17(12)16(11-18)19-15-8-4-6-13-5-2-3-7-14(13)15/h2-3,5,7,9-10,15-16H,4,6,8,11,18H2,1H3. The first-order valence-electron chi connectivity index (χ1n) is 7.27. The molecule has 0 saturated carbocycles. The van der Waals surface area contributed by atoms with Crippen LogP contribution < -0.4 is 5.73 Å². The molecular formula is C17H21NOS. The van der Waals surface area contributed by atoms with E-state index in [1.807, 2.05) is 0 Å². The highest BCUT2D eigenvalue weighted by atomic mass is 32.1. The Morgan fingerprint density at radius 2 is 2.20 bits per heavy atom. The van der Waals surface area contributed by atoms with Crippen LogP contribution in [0.15, 0.2) is 35.7 Å². The molecular weight excluding hydrogens is 266 g/mol. The number of fused-ring (bicyclic) bond motifs is 1. The minimum absolute atomic E-state index is 0.0196. The summed E-state index contributed by atoms with van der Waals surface area (Å²) < 4.78 is 6.38. The topological polar surface area (TPSA) is 35.2 Å². The van der Waals surface area contributed by atoms with Gasteiger partial charge in [-0.3, -0.25) is 0 Å². The van der Waals surface area contributed by atoms with Crippen LogP contribution in [0.3, 0.4) is 0 Å². The molecule has 2 N–H and O–H groups in total. The lowest BCUT2D eigenvalue weighted by Crippen LogP contribution is -2.21. The molecule has 0 bridgehead atoms. The molecule has 0 amide bonds. The van der Waals surface area contributed by atoms with Crippen LogP contribution in [0.25, 0.3) is 0 Å². The molecule has 1 aliphatic rings. The van der Waals surface area contributed by atoms with Crippen LogP contribution in [0.4, 0.5) is 0 Å². The number of hydrogen-bond acceptors (Lipinski definition) is 3. The van der Waals surface area contributed by atoms with Gasteiger partial charge in [-0.05, 0) is 54.3 Å². The minimum atomic E-state index is 0.0196. The molecule has 0 fully saturated rings. The second kappa shape index (κ2) is 6.08. The third-order valence-corrected chi connectivity index (χ3v) is 5.16. The van der Waals surface area contributed by atoms with Gasteiger partial charge in [-0.1, -0.05) is 24.3 Å². The Morgan fingerprint density at radius 1 is 1.35 bits per heavy atom. The first-order chi connectivity index (χ1) is 9.79. The smallest absolute Gasteiger partial charge is 0.105 e. The number of aryl methyl sites for hydroxylation is 2. The average Bonchev–Trinajstić information content (AvgIpc) is 2.91. The van der Waals surface area contributed by atoms with Crippen molar-refractivity contribution >= 4 is 11.3 Å². The van der Waals surface area contributed by atoms with Crippen LogP contribution in [0, 0.1) is 6.92 Å². The highest BCUT2D eigenvalue weighted by molar-refractivity contribution is 7.10. The molecule has 0 saturated heterocycles. The zero-order valence-corrected chi connectivity index (χ0v) is 12.7. The maximum atomic E-state index is 6.38. The molecule has 106 valence electrons. The van der Waals surface area contributed by atoms with Gasteiger partial charge in [-0.2, -0.15) is 0 Å². The third kappa shape index (κ3) is 2.66. The van der Waals surface area contributed by atoms with Gasteiger partial charge in [0.05, 0.1) is 6.10 Å². The molecule has 3 rings (SSSR count). The summed E-state index contributed by atoms with van der Waals surface area (Å²) in [4.78, 5) is 1.27. The number of ether oxygens (including phenoxy) is 1. The van der Waals surface area contributed by atoms with Crippen molar-refractivity contribution in [1.82, 2.24) is 0 Å². The van der Waals surface area contributed by atoms with E-state index in [9.17, 15) is 0 Å². The van der Waals surface area contributed by atoms with Crippen molar-refractivity contribution in [2.45, 2.75) is 38.4 Å². The van der Waals surface area contributed by atoms with Crippen molar-refractivity contribution < 1.29 is 4.74 Å². The van der Waals surface area contributed by atoms with Crippen LogP contribution in [0.5, 0.6) is 0 Å². The van der Waals surface area contributed by atoms with Crippen LogP contribution in [-0.2, 0) is 11.2 Å². The number of benzene rings is 1. The molecule has 1 aliphatic carbocycles. The highest BCUT2D eigenvalue weighted by Gasteiger charge is 2.25. The molecule has 0 spiro atoms. The highest BCUT2D eigenvalue weighted by Crippen LogP contribution is 2.37. The van der Waals surface area contributed by atoms with Crippen LogP contribution >= 0.6 is 11.3 Å². The van der Waals surface area contributed by atoms with Gasteiger partial charge in [0.25, 0.3) is 0 Å². The van der Waals surface area contributed by atoms with Crippen molar-refractivity contribution in [2.24, 2.45) is 5.73 Å². The zero-order chi connectivity index (χ0) is 13.9. The fourth-order valence-corrected chi connectivity index (χ4v) is 3.96. The SMILES string of the molecule is Cc1ccsc1C(CN)OC1CCCc2ccccc21. The fraction of sp³-hybridized carbons (Fsp3) is 0.412. The van der Waals surface area contributed by atoms with E-state index in [1.54, 1.807) is 11.3 Å². The van der Waals surface area contributed by atoms with E-state index in [1.165, 1.54) is 34.4 Å². The summed E-state index contributed by atoms with van der Waals surface area (Å²) >= 11 is 1.75. The minimum Gasteiger partial charge on any atom is -0.363 e. The molecule has 2 atom stereocenters. The van der Waals surface area contributed by atoms with Gasteiger partial charge in [0.15, 0.2) is 0 Å². The van der Waals surface area contributed by atoms with E-state index in [-0.39, 0.29) is 12.2 Å². The molecule has 0 aliphatic heterocycles. The van der Waals surface area contributed by atoms with Crippen molar-refractivity contribution in [3.05, 3.63) is 57.3 Å². The van der Waals surface area contributed by atoms with Crippen molar-refractivity contribution in [2.75, 3.05) is 6.54 Å². The largest absolute Gasteiger partial charge is 0.363 e. The first kappa shape index (κ1) is 13.8. The van der Waals surface area contributed by atoms with Gasteiger partial charge < -0.3 is 10.5 Å². The normalized spacial score (nSPS) is 19.6. The van der Waals surface area contributed by atoms with Crippen LogP contribution in [-0.4, -0.2) is 6.54 Å². The molecule has 0 radical (unpaired) electrons. The molecule has 2 aromatic rings. The lowest BCUT2D eigenvalue weighted by atomic mass is 9.89. The first-order valence-corrected chi connectivity index (χ1v) is 8.15. The van der Waals surface area contributed by atoms with E-state index in [2.05, 4.69) is 42.6 Å². The maximum absolute atomic E-state index is 6.38. The van der Waals surface area contributed by atoms with E-state index in [0.29, 0.717) is 6.54 Å². The quantitative estimate of drug-likeness (QED) is 0.916. The monoisotopic (exact) mass is 287 g/mol. The summed E-state index contributed by atoms with van der Waals surface area (Å²) in [6.45, 7) is 2.67. The summed E-state index contributed by atoms with van der Waals surface area (Å²) in [6.07, 6.45) is 3.67. The van der Waals surface area contributed by atoms with E-state index in [4.69, 9.17) is 10.5 Å². The molecule has 20 heavy (non-hydrogen) atoms. The van der Waals surface area contributed by atoms with Gasteiger partial charge in [0.1, 0.15) is 6.10 Å². The Labute approximate surface area is 124 Å². The lowest BCUT2D eigenvalue weighted by molar-refractivity contribution is -0.0176. The molecule has 1 aromatic carbocycles. The lowest BCUT2D eigenvalue weighted by Gasteiger charge is -2.29. The van der Waals surface area contributed by atoms with Crippen LogP contribution in [0.2, 0.25) is 0 Å². The average molecular weight is 287 g/mol. The second-order valence-corrected chi connectivity index (χ2v) is 6.36. The molecule has 1 aromatic heterocycles. The summed E-state index contributed by atoms with van der Waals surface area (Å²) in [5.41, 5.74) is 10.0. The van der Waals surface area contributed by atoms with Crippen LogP contribution in [0.1, 0.15) is 46.6 Å². The molecule has 2 nitrogen and oxygen atoms in total. The number of thiophene rings is 1. The van der Waals surface area contributed by atoms with Gasteiger partial charge >= 0.3 is 0 Å². The summed E-state index contributed by atoms with van der Waals surface area (Å²) in [5.74, 6) is 0. The maximum Gasteiger partial charge on any atom is 0.105 e. The summed E-state index contributed by atoms with van der Waals surface area (Å²) in [6, 6.07) is 10.8. The summed E-state index contributed by atoms with van der Waals surface area (Å²) in [5, 5.41) is 2.12. The predicted molar refractivity (Wildman–Crippen MR) is 84.1 cm³/mol. The van der Waals surface area contributed by atoms with Crippen molar-refractivity contribution in [3.8, 4) is 0 Å². The number of rotatable bonds is 4. The fourth-order valence-electron chi connectivity index (χ4n) is 2.99. The number of hydrogen-bond donors (Lipinski definition) is 1. The van der Waals surface area contributed by atoms with E-state index >= 15 is 0 Å². The van der Waals surface area contributed by atoms with E-state index < -0.39 is 0 Å². The Morgan fingerprint density at radius 3 is 2.95 bits per heavy atom. The van der Waals surface area contributed by atoms with Gasteiger partial charge in [0, 0.05) is 11.4 Å². The Balaban J connectivity index is 1.82. The van der Waals surface area contributed by atoms with Crippen molar-refractivity contribution in [1.29, 1.82) is 0 Å². The molecule has 1 heterocycles. The number of nitrogens with two attached hydrogens (primary N) is 1. The molecule has 2 unspecified atom stereocenters. The second-order valence-electron chi connectivity index (χ2n) is 5.41.